The van der Waals surface area contributed by atoms with E-state index in [1.165, 1.54) is 0 Å². The van der Waals surface area contributed by atoms with Crippen LogP contribution >= 0.6 is 0 Å². The van der Waals surface area contributed by atoms with E-state index in [0.29, 0.717) is 18.1 Å². The molecule has 1 heterocycles. The van der Waals surface area contributed by atoms with Gasteiger partial charge in [-0.15, -0.1) is 0 Å². The Hall–Kier alpha value is -2.36. The lowest BCUT2D eigenvalue weighted by molar-refractivity contribution is 0.285. The summed E-state index contributed by atoms with van der Waals surface area (Å²) in [7, 11) is 1.55. The number of phenols is 2. The van der Waals surface area contributed by atoms with Crippen LogP contribution in [0.3, 0.4) is 0 Å². The van der Waals surface area contributed by atoms with Crippen molar-refractivity contribution in [3.63, 3.8) is 0 Å². The van der Waals surface area contributed by atoms with Crippen molar-refractivity contribution < 1.29 is 19.7 Å². The first kappa shape index (κ1) is 11.5. The molecule has 0 saturated heterocycles. The van der Waals surface area contributed by atoms with E-state index in [-0.39, 0.29) is 11.5 Å². The van der Waals surface area contributed by atoms with E-state index < -0.39 is 0 Å². The van der Waals surface area contributed by atoms with Crippen LogP contribution in [-0.4, -0.2) is 17.3 Å². The molecule has 2 aliphatic rings. The molecule has 1 aliphatic carbocycles. The molecule has 0 radical (unpaired) electrons. The smallest absolute Gasteiger partial charge is 0.167 e. The molecule has 0 amide bonds. The van der Waals surface area contributed by atoms with Crippen LogP contribution in [0.2, 0.25) is 0 Å². The molecule has 0 atom stereocenters. The summed E-state index contributed by atoms with van der Waals surface area (Å²) in [6.45, 7) is 0.343. The van der Waals surface area contributed by atoms with Gasteiger partial charge < -0.3 is 19.7 Å². The zero-order valence-corrected chi connectivity index (χ0v) is 11.1. The predicted octanol–water partition coefficient (Wildman–Crippen LogP) is 2.76. The largest absolute Gasteiger partial charge is 0.508 e. The lowest BCUT2D eigenvalue weighted by Crippen LogP contribution is -2.15. The fraction of sp³-hybridized carbons (Fsp3) is 0.250. The number of ether oxygens (including phenoxy) is 2. The molecule has 0 unspecified atom stereocenters. The van der Waals surface area contributed by atoms with Crippen molar-refractivity contribution in [2.75, 3.05) is 7.11 Å². The van der Waals surface area contributed by atoms with Crippen LogP contribution in [0.25, 0.3) is 11.1 Å². The molecule has 2 aromatic carbocycles. The Labute approximate surface area is 116 Å². The number of benzene rings is 2. The Morgan fingerprint density at radius 2 is 1.80 bits per heavy atom. The molecule has 102 valence electrons. The highest BCUT2D eigenvalue weighted by Gasteiger charge is 2.31. The van der Waals surface area contributed by atoms with E-state index in [4.69, 9.17) is 9.47 Å². The predicted molar refractivity (Wildman–Crippen MR) is 73.5 cm³/mol. The molecule has 4 nitrogen and oxygen atoms in total. The molecule has 4 rings (SSSR count). The first-order valence-corrected chi connectivity index (χ1v) is 6.60. The normalized spacial score (nSPS) is 14.4. The second-order valence-corrected chi connectivity index (χ2v) is 5.21. The number of aryl methyl sites for hydroxylation is 2. The third-order valence-electron chi connectivity index (χ3n) is 4.10. The fourth-order valence-corrected chi connectivity index (χ4v) is 3.31. The summed E-state index contributed by atoms with van der Waals surface area (Å²) in [6, 6.07) is 5.22. The summed E-state index contributed by atoms with van der Waals surface area (Å²) in [4.78, 5) is 0. The number of hydrogen-bond donors (Lipinski definition) is 2. The van der Waals surface area contributed by atoms with Crippen LogP contribution < -0.4 is 9.47 Å². The average molecular weight is 270 g/mol. The van der Waals surface area contributed by atoms with E-state index in [1.54, 1.807) is 25.3 Å². The first-order chi connectivity index (χ1) is 9.69. The second kappa shape index (κ2) is 3.82. The Morgan fingerprint density at radius 1 is 1.05 bits per heavy atom. The van der Waals surface area contributed by atoms with Gasteiger partial charge in [0.2, 0.25) is 0 Å². The van der Waals surface area contributed by atoms with Crippen LogP contribution in [0.5, 0.6) is 23.0 Å². The number of rotatable bonds is 1. The molecule has 20 heavy (non-hydrogen) atoms. The number of phenolic OH excluding ortho intramolecular Hbond substituents is 2. The highest BCUT2D eigenvalue weighted by molar-refractivity contribution is 5.85. The van der Waals surface area contributed by atoms with Crippen LogP contribution in [0, 0.1) is 0 Å². The molecule has 0 bridgehead atoms. The van der Waals surface area contributed by atoms with Gasteiger partial charge in [-0.25, -0.2) is 0 Å². The van der Waals surface area contributed by atoms with E-state index >= 15 is 0 Å². The average Bonchev–Trinajstić information content (AvgIpc) is 2.43. The summed E-state index contributed by atoms with van der Waals surface area (Å²) >= 11 is 0. The minimum Gasteiger partial charge on any atom is -0.508 e. The zero-order valence-electron chi connectivity index (χ0n) is 11.1. The van der Waals surface area contributed by atoms with Gasteiger partial charge in [0, 0.05) is 17.2 Å². The van der Waals surface area contributed by atoms with E-state index in [2.05, 4.69) is 0 Å². The van der Waals surface area contributed by atoms with Gasteiger partial charge in [0.15, 0.2) is 11.5 Å². The quantitative estimate of drug-likeness (QED) is 0.836. The Kier molecular flexibility index (Phi) is 2.19. The summed E-state index contributed by atoms with van der Waals surface area (Å²) in [6.07, 6.45) is 1.67. The van der Waals surface area contributed by atoms with Crippen molar-refractivity contribution in [3.05, 3.63) is 34.9 Å². The topological polar surface area (TPSA) is 58.9 Å². The van der Waals surface area contributed by atoms with Crippen molar-refractivity contribution in [1.29, 1.82) is 0 Å². The lowest BCUT2D eigenvalue weighted by atomic mass is 9.81. The molecule has 0 aromatic heterocycles. The van der Waals surface area contributed by atoms with E-state index in [9.17, 15) is 10.2 Å². The second-order valence-electron chi connectivity index (χ2n) is 5.21. The third kappa shape index (κ3) is 1.36. The summed E-state index contributed by atoms with van der Waals surface area (Å²) < 4.78 is 11.1. The molecule has 2 N–H and O–H groups in total. The number of methoxy groups -OCH3 is 1. The van der Waals surface area contributed by atoms with Gasteiger partial charge in [-0.1, -0.05) is 0 Å². The maximum Gasteiger partial charge on any atom is 0.167 e. The highest BCUT2D eigenvalue weighted by atomic mass is 16.5. The van der Waals surface area contributed by atoms with Crippen molar-refractivity contribution >= 4 is 0 Å². The standard InChI is InChI=1S/C16H14O4/c1-19-16-11-7-20-13-6-10(17)4-8-2-3-9(5-12(16)18)14(11)15(8)13/h4-6,17-18H,2-3,7H2,1H3. The Bertz CT molecular complexity index is 717. The highest BCUT2D eigenvalue weighted by Crippen LogP contribution is 2.51. The third-order valence-corrected chi connectivity index (χ3v) is 4.10. The molecule has 0 fully saturated rings. The number of hydrogen-bond acceptors (Lipinski definition) is 4. The van der Waals surface area contributed by atoms with Crippen LogP contribution in [0.1, 0.15) is 16.7 Å². The molecular weight excluding hydrogens is 256 g/mol. The molecule has 0 spiro atoms. The van der Waals surface area contributed by atoms with Gasteiger partial charge >= 0.3 is 0 Å². The number of aromatic hydroxyl groups is 2. The Morgan fingerprint density at radius 3 is 2.55 bits per heavy atom. The first-order valence-electron chi connectivity index (χ1n) is 6.60. The molecule has 0 saturated carbocycles. The van der Waals surface area contributed by atoms with Gasteiger partial charge in [-0.3, -0.25) is 0 Å². The maximum absolute atomic E-state index is 10.1. The van der Waals surface area contributed by atoms with Crippen molar-refractivity contribution in [3.8, 4) is 34.1 Å². The van der Waals surface area contributed by atoms with E-state index in [1.807, 2.05) is 0 Å². The summed E-state index contributed by atoms with van der Waals surface area (Å²) in [5.41, 5.74) is 5.22. The fourth-order valence-electron chi connectivity index (χ4n) is 3.31. The van der Waals surface area contributed by atoms with Gasteiger partial charge in [0.25, 0.3) is 0 Å². The van der Waals surface area contributed by atoms with Crippen molar-refractivity contribution in [2.45, 2.75) is 19.4 Å². The van der Waals surface area contributed by atoms with Crippen molar-refractivity contribution in [2.24, 2.45) is 0 Å². The Balaban J connectivity index is 2.10. The maximum atomic E-state index is 10.1. The minimum absolute atomic E-state index is 0.163. The summed E-state index contributed by atoms with van der Waals surface area (Å²) in [5.74, 6) is 1.59. The van der Waals surface area contributed by atoms with Gasteiger partial charge in [0.05, 0.1) is 7.11 Å². The lowest BCUT2D eigenvalue weighted by Gasteiger charge is -2.30. The van der Waals surface area contributed by atoms with Crippen LogP contribution in [-0.2, 0) is 19.4 Å². The van der Waals surface area contributed by atoms with Crippen molar-refractivity contribution in [1.82, 2.24) is 0 Å². The molecule has 1 aliphatic heterocycles. The minimum atomic E-state index is 0.163. The van der Waals surface area contributed by atoms with Crippen LogP contribution in [0.4, 0.5) is 0 Å². The molecule has 4 heteroatoms. The zero-order chi connectivity index (χ0) is 13.9. The monoisotopic (exact) mass is 270 g/mol. The van der Waals surface area contributed by atoms with Gasteiger partial charge in [0.1, 0.15) is 18.1 Å². The van der Waals surface area contributed by atoms with Gasteiger partial charge in [-0.2, -0.15) is 0 Å². The van der Waals surface area contributed by atoms with Crippen LogP contribution in [0.15, 0.2) is 18.2 Å². The SMILES string of the molecule is COc1c(O)cc2c3c1COc1cc(O)cc(c1-3)CC2. The van der Waals surface area contributed by atoms with Gasteiger partial charge in [-0.05, 0) is 41.7 Å². The molecular formula is C16H14O4. The molecule has 2 aromatic rings. The van der Waals surface area contributed by atoms with E-state index in [0.717, 1.165) is 40.7 Å². The summed E-state index contributed by atoms with van der Waals surface area (Å²) in [5, 5.41) is 19.8.